The van der Waals surface area contributed by atoms with E-state index in [0.717, 1.165) is 35.2 Å². The Morgan fingerprint density at radius 3 is 2.00 bits per heavy atom. The quantitative estimate of drug-likeness (QED) is 0.293. The minimum atomic E-state index is -0.185. The molecule has 158 valence electrons. The van der Waals surface area contributed by atoms with Gasteiger partial charge in [0.25, 0.3) is 0 Å². The molecule has 0 bridgehead atoms. The molecule has 0 aliphatic heterocycles. The summed E-state index contributed by atoms with van der Waals surface area (Å²) in [6, 6.07) is 18.0. The van der Waals surface area contributed by atoms with Gasteiger partial charge in [0.1, 0.15) is 5.82 Å². The third kappa shape index (κ3) is 6.26. The number of halogens is 1. The first-order valence-corrected chi connectivity index (χ1v) is 11.6. The smallest absolute Gasteiger partial charge is 0.131 e. The molecular weight excluding hydrogens is 369 g/mol. The summed E-state index contributed by atoms with van der Waals surface area (Å²) in [6.07, 6.45) is 12.6. The second-order valence-electron chi connectivity index (χ2n) is 8.20. The summed E-state index contributed by atoms with van der Waals surface area (Å²) in [5, 5.41) is 0. The number of unbranched alkanes of at least 4 members (excludes halogenated alkanes) is 5. The van der Waals surface area contributed by atoms with Gasteiger partial charge in [-0.15, -0.1) is 0 Å². The fourth-order valence-electron chi connectivity index (χ4n) is 3.83. The van der Waals surface area contributed by atoms with Gasteiger partial charge in [0.15, 0.2) is 0 Å². The molecule has 2 heteroatoms. The molecule has 0 unspecified atom stereocenters. The van der Waals surface area contributed by atoms with Gasteiger partial charge in [-0.05, 0) is 54.5 Å². The maximum atomic E-state index is 14.9. The maximum absolute atomic E-state index is 14.9. The Morgan fingerprint density at radius 2 is 1.33 bits per heavy atom. The summed E-state index contributed by atoms with van der Waals surface area (Å²) in [7, 11) is 0. The van der Waals surface area contributed by atoms with Crippen molar-refractivity contribution in [3.8, 4) is 22.3 Å². The van der Waals surface area contributed by atoms with Gasteiger partial charge in [0, 0.05) is 23.0 Å². The maximum Gasteiger partial charge on any atom is 0.131 e. The van der Waals surface area contributed by atoms with E-state index < -0.39 is 0 Å². The second-order valence-corrected chi connectivity index (χ2v) is 8.20. The minimum absolute atomic E-state index is 0.185. The Labute approximate surface area is 181 Å². The Bertz CT molecular complexity index is 897. The van der Waals surface area contributed by atoms with Gasteiger partial charge in [-0.1, -0.05) is 88.4 Å². The van der Waals surface area contributed by atoms with E-state index in [9.17, 15) is 4.39 Å². The highest BCUT2D eigenvalue weighted by Gasteiger charge is 2.08. The molecule has 0 N–H and O–H groups in total. The minimum Gasteiger partial charge on any atom is -0.261 e. The first kappa shape index (κ1) is 22.2. The lowest BCUT2D eigenvalue weighted by Crippen LogP contribution is -1.92. The number of rotatable bonds is 11. The Balaban J connectivity index is 1.66. The van der Waals surface area contributed by atoms with Crippen LogP contribution in [0.1, 0.15) is 70.1 Å². The highest BCUT2D eigenvalue weighted by molar-refractivity contribution is 5.70. The van der Waals surface area contributed by atoms with Gasteiger partial charge < -0.3 is 0 Å². The van der Waals surface area contributed by atoms with Gasteiger partial charge in [-0.25, -0.2) is 4.39 Å². The van der Waals surface area contributed by atoms with Crippen LogP contribution in [0.5, 0.6) is 0 Å². The van der Waals surface area contributed by atoms with Crippen LogP contribution >= 0.6 is 0 Å². The Kier molecular flexibility index (Phi) is 8.62. The molecule has 0 saturated carbocycles. The predicted octanol–water partition coefficient (Wildman–Crippen LogP) is 8.41. The molecule has 1 heterocycles. The van der Waals surface area contributed by atoms with E-state index >= 15 is 0 Å². The number of aryl methyl sites for hydroxylation is 2. The lowest BCUT2D eigenvalue weighted by Gasteiger charge is -2.09. The van der Waals surface area contributed by atoms with Crippen molar-refractivity contribution in [2.75, 3.05) is 0 Å². The van der Waals surface area contributed by atoms with Crippen molar-refractivity contribution in [3.05, 3.63) is 77.9 Å². The molecule has 3 aromatic rings. The average molecular weight is 404 g/mol. The molecule has 0 radical (unpaired) electrons. The molecule has 0 aliphatic rings. The summed E-state index contributed by atoms with van der Waals surface area (Å²) in [5.41, 5.74) is 5.86. The monoisotopic (exact) mass is 403 g/mol. The summed E-state index contributed by atoms with van der Waals surface area (Å²) in [6.45, 7) is 4.44. The first-order valence-electron chi connectivity index (χ1n) is 11.6. The van der Waals surface area contributed by atoms with E-state index in [4.69, 9.17) is 0 Å². The first-order chi connectivity index (χ1) is 14.7. The lowest BCUT2D eigenvalue weighted by atomic mass is 9.98. The molecular formula is C28H34FN. The fraction of sp³-hybridized carbons (Fsp3) is 0.393. The van der Waals surface area contributed by atoms with Crippen LogP contribution in [-0.4, -0.2) is 4.98 Å². The number of hydrogen-bond acceptors (Lipinski definition) is 1. The number of benzene rings is 2. The van der Waals surface area contributed by atoms with E-state index in [2.05, 4.69) is 43.1 Å². The summed E-state index contributed by atoms with van der Waals surface area (Å²) >= 11 is 0. The molecule has 0 saturated heterocycles. The summed E-state index contributed by atoms with van der Waals surface area (Å²) in [4.78, 5) is 4.58. The van der Waals surface area contributed by atoms with Gasteiger partial charge in [-0.2, -0.15) is 0 Å². The molecule has 1 nitrogen and oxygen atoms in total. The highest BCUT2D eigenvalue weighted by Crippen LogP contribution is 2.28. The number of pyridine rings is 1. The standard InChI is InChI=1S/C28H34FN/c1-3-5-7-9-11-26-18-16-25(21-30-26)24-17-19-27(28(29)20-24)23-14-12-22(13-15-23)10-8-6-4-2/h12-21H,3-11H2,1-2H3. The van der Waals surface area contributed by atoms with Crippen LogP contribution in [0, 0.1) is 5.82 Å². The normalized spacial score (nSPS) is 11.0. The molecule has 30 heavy (non-hydrogen) atoms. The van der Waals surface area contributed by atoms with Crippen LogP contribution in [0.15, 0.2) is 60.8 Å². The fourth-order valence-corrected chi connectivity index (χ4v) is 3.83. The van der Waals surface area contributed by atoms with Crippen LogP contribution in [-0.2, 0) is 12.8 Å². The van der Waals surface area contributed by atoms with Crippen LogP contribution in [0.3, 0.4) is 0 Å². The van der Waals surface area contributed by atoms with E-state index in [1.54, 1.807) is 6.07 Å². The topological polar surface area (TPSA) is 12.9 Å². The zero-order chi connectivity index (χ0) is 21.2. The van der Waals surface area contributed by atoms with Gasteiger partial charge in [0.05, 0.1) is 0 Å². The van der Waals surface area contributed by atoms with Crippen molar-refractivity contribution in [2.45, 2.75) is 71.6 Å². The Morgan fingerprint density at radius 1 is 0.667 bits per heavy atom. The molecule has 2 aromatic carbocycles. The van der Waals surface area contributed by atoms with Gasteiger partial charge >= 0.3 is 0 Å². The number of hydrogen-bond donors (Lipinski definition) is 0. The van der Waals surface area contributed by atoms with Crippen LogP contribution in [0.25, 0.3) is 22.3 Å². The van der Waals surface area contributed by atoms with Crippen LogP contribution in [0.2, 0.25) is 0 Å². The Hall–Kier alpha value is -2.48. The zero-order valence-corrected chi connectivity index (χ0v) is 18.5. The predicted molar refractivity (Wildman–Crippen MR) is 126 cm³/mol. The molecule has 1 aromatic heterocycles. The third-order valence-electron chi connectivity index (χ3n) is 5.75. The highest BCUT2D eigenvalue weighted by atomic mass is 19.1. The summed E-state index contributed by atoms with van der Waals surface area (Å²) < 4.78 is 14.9. The van der Waals surface area contributed by atoms with E-state index in [0.29, 0.717) is 5.56 Å². The second kappa shape index (κ2) is 11.6. The van der Waals surface area contributed by atoms with E-state index in [-0.39, 0.29) is 5.82 Å². The van der Waals surface area contributed by atoms with E-state index in [1.807, 2.05) is 30.5 Å². The SMILES string of the molecule is CCCCCCc1ccc(-c2ccc(-c3ccc(CCCCC)cc3)c(F)c2)cn1. The van der Waals surface area contributed by atoms with Crippen molar-refractivity contribution >= 4 is 0 Å². The van der Waals surface area contributed by atoms with Gasteiger partial charge in [0.2, 0.25) is 0 Å². The van der Waals surface area contributed by atoms with Crippen molar-refractivity contribution in [1.29, 1.82) is 0 Å². The van der Waals surface area contributed by atoms with Gasteiger partial charge in [-0.3, -0.25) is 4.98 Å². The number of nitrogens with zero attached hydrogens (tertiary/aromatic N) is 1. The lowest BCUT2D eigenvalue weighted by molar-refractivity contribution is 0.632. The van der Waals surface area contributed by atoms with E-state index in [1.165, 1.54) is 50.5 Å². The van der Waals surface area contributed by atoms with Crippen molar-refractivity contribution in [1.82, 2.24) is 4.98 Å². The van der Waals surface area contributed by atoms with Crippen LogP contribution < -0.4 is 0 Å². The molecule has 3 rings (SSSR count). The van der Waals surface area contributed by atoms with Crippen LogP contribution in [0.4, 0.5) is 4.39 Å². The zero-order valence-electron chi connectivity index (χ0n) is 18.5. The molecule has 0 fully saturated rings. The van der Waals surface area contributed by atoms with Crippen molar-refractivity contribution in [2.24, 2.45) is 0 Å². The number of aromatic nitrogens is 1. The van der Waals surface area contributed by atoms with Crippen molar-refractivity contribution < 1.29 is 4.39 Å². The third-order valence-corrected chi connectivity index (χ3v) is 5.75. The largest absolute Gasteiger partial charge is 0.261 e. The molecule has 0 aliphatic carbocycles. The average Bonchev–Trinajstić information content (AvgIpc) is 2.78. The molecule has 0 amide bonds. The van der Waals surface area contributed by atoms with Crippen molar-refractivity contribution in [3.63, 3.8) is 0 Å². The summed E-state index contributed by atoms with van der Waals surface area (Å²) in [5.74, 6) is -0.185. The molecule has 0 spiro atoms. The molecule has 0 atom stereocenters.